The highest BCUT2D eigenvalue weighted by Gasteiger charge is 2.54. The number of hydrogen-bond acceptors (Lipinski definition) is 2. The summed E-state index contributed by atoms with van der Waals surface area (Å²) in [5.41, 5.74) is 2.01. The van der Waals surface area contributed by atoms with Crippen LogP contribution in [0.1, 0.15) is 63.7 Å². The normalized spacial score (nSPS) is 24.4. The maximum absolute atomic E-state index is 13.4. The van der Waals surface area contributed by atoms with Crippen molar-refractivity contribution in [3.8, 4) is 0 Å². The van der Waals surface area contributed by atoms with Gasteiger partial charge in [0.25, 0.3) is 0 Å². The number of carbonyl (C=O) groups excluding carboxylic acids is 2. The second kappa shape index (κ2) is 7.29. The topological polar surface area (TPSA) is 34.1 Å². The number of carbonyl (C=O) groups is 2. The van der Waals surface area contributed by atoms with Gasteiger partial charge in [-0.15, -0.1) is 0 Å². The highest BCUT2D eigenvalue weighted by atomic mass is 127. The molecule has 3 heteroatoms. The largest absolute Gasteiger partial charge is 0.298 e. The molecule has 0 aliphatic heterocycles. The van der Waals surface area contributed by atoms with Gasteiger partial charge in [0, 0.05) is 15.1 Å². The first-order chi connectivity index (χ1) is 11.0. The first-order valence-corrected chi connectivity index (χ1v) is 9.62. The maximum atomic E-state index is 13.4. The minimum atomic E-state index is -0.937. The maximum Gasteiger partial charge on any atom is 0.180 e. The average Bonchev–Trinajstić information content (AvgIpc) is 2.82. The van der Waals surface area contributed by atoms with Crippen molar-refractivity contribution in [3.63, 3.8) is 0 Å². The Bertz CT molecular complexity index is 642. The lowest BCUT2D eigenvalue weighted by Gasteiger charge is -2.29. The van der Waals surface area contributed by atoms with Crippen molar-refractivity contribution < 1.29 is 9.59 Å². The molecule has 1 aromatic rings. The monoisotopic (exact) mass is 424 g/mol. The van der Waals surface area contributed by atoms with Crippen LogP contribution in [0.15, 0.2) is 35.4 Å². The molecule has 0 bridgehead atoms. The van der Waals surface area contributed by atoms with Crippen LogP contribution in [0.2, 0.25) is 0 Å². The third kappa shape index (κ3) is 2.81. The van der Waals surface area contributed by atoms with E-state index in [9.17, 15) is 9.59 Å². The van der Waals surface area contributed by atoms with Gasteiger partial charge in [0.05, 0.1) is 0 Å². The SMILES string of the molecule is CCC1=C(CC)[C@](CC)(C(=O)c2ccc(I)cc2)C(=O)[C@H]1CC. The molecule has 0 fully saturated rings. The summed E-state index contributed by atoms with van der Waals surface area (Å²) < 4.78 is 1.09. The van der Waals surface area contributed by atoms with Gasteiger partial charge in [-0.2, -0.15) is 0 Å². The van der Waals surface area contributed by atoms with Crippen molar-refractivity contribution in [2.75, 3.05) is 0 Å². The first kappa shape index (κ1) is 18.4. The van der Waals surface area contributed by atoms with Crippen LogP contribution in [-0.2, 0) is 4.79 Å². The van der Waals surface area contributed by atoms with Crippen molar-refractivity contribution in [1.82, 2.24) is 0 Å². The van der Waals surface area contributed by atoms with Crippen molar-refractivity contribution in [2.45, 2.75) is 53.4 Å². The number of benzene rings is 1. The minimum absolute atomic E-state index is 0.0137. The lowest BCUT2D eigenvalue weighted by atomic mass is 9.70. The van der Waals surface area contributed by atoms with Crippen molar-refractivity contribution in [2.24, 2.45) is 11.3 Å². The van der Waals surface area contributed by atoms with E-state index >= 15 is 0 Å². The molecule has 2 rings (SSSR count). The van der Waals surface area contributed by atoms with Gasteiger partial charge in [0.1, 0.15) is 5.41 Å². The molecule has 2 atom stereocenters. The minimum Gasteiger partial charge on any atom is -0.298 e. The quantitative estimate of drug-likeness (QED) is 0.258. The Hall–Kier alpha value is -0.970. The Morgan fingerprint density at radius 1 is 1.09 bits per heavy atom. The van der Waals surface area contributed by atoms with Crippen LogP contribution in [0.5, 0.6) is 0 Å². The van der Waals surface area contributed by atoms with E-state index in [4.69, 9.17) is 0 Å². The molecule has 0 amide bonds. The lowest BCUT2D eigenvalue weighted by molar-refractivity contribution is -0.126. The lowest BCUT2D eigenvalue weighted by Crippen LogP contribution is -2.39. The van der Waals surface area contributed by atoms with Crippen LogP contribution >= 0.6 is 22.6 Å². The van der Waals surface area contributed by atoms with E-state index in [1.165, 1.54) is 5.57 Å². The fourth-order valence-electron chi connectivity index (χ4n) is 4.15. The van der Waals surface area contributed by atoms with Gasteiger partial charge in [-0.1, -0.05) is 45.4 Å². The summed E-state index contributed by atoms with van der Waals surface area (Å²) >= 11 is 2.23. The number of halogens is 1. The van der Waals surface area contributed by atoms with Gasteiger partial charge < -0.3 is 0 Å². The molecule has 0 spiro atoms. The average molecular weight is 424 g/mol. The molecule has 0 saturated carbocycles. The Kier molecular flexibility index (Phi) is 5.82. The van der Waals surface area contributed by atoms with E-state index < -0.39 is 5.41 Å². The van der Waals surface area contributed by atoms with E-state index in [0.29, 0.717) is 12.0 Å². The third-order valence-corrected chi connectivity index (χ3v) is 5.95. The van der Waals surface area contributed by atoms with E-state index in [2.05, 4.69) is 36.4 Å². The van der Waals surface area contributed by atoms with Crippen molar-refractivity contribution in [1.29, 1.82) is 0 Å². The van der Waals surface area contributed by atoms with E-state index in [-0.39, 0.29) is 17.5 Å². The van der Waals surface area contributed by atoms with Gasteiger partial charge in [-0.3, -0.25) is 9.59 Å². The van der Waals surface area contributed by atoms with Crippen LogP contribution in [0.3, 0.4) is 0 Å². The van der Waals surface area contributed by atoms with Crippen LogP contribution in [0.25, 0.3) is 0 Å². The van der Waals surface area contributed by atoms with Gasteiger partial charge in [-0.05, 0) is 66.0 Å². The zero-order valence-corrected chi connectivity index (χ0v) is 16.6. The predicted octanol–water partition coefficient (Wildman–Crippen LogP) is 5.60. The molecule has 0 saturated heterocycles. The molecular weight excluding hydrogens is 399 g/mol. The summed E-state index contributed by atoms with van der Waals surface area (Å²) in [7, 11) is 0. The van der Waals surface area contributed by atoms with E-state index in [1.807, 2.05) is 38.1 Å². The molecule has 1 aromatic carbocycles. The highest BCUT2D eigenvalue weighted by molar-refractivity contribution is 14.1. The van der Waals surface area contributed by atoms with Crippen LogP contribution in [0, 0.1) is 14.9 Å². The molecule has 0 N–H and O–H groups in total. The van der Waals surface area contributed by atoms with Gasteiger partial charge in [-0.25, -0.2) is 0 Å². The number of hydrogen-bond donors (Lipinski definition) is 0. The Morgan fingerprint density at radius 2 is 1.70 bits per heavy atom. The zero-order chi connectivity index (χ0) is 17.2. The summed E-state index contributed by atoms with van der Waals surface area (Å²) in [6, 6.07) is 7.58. The fraction of sp³-hybridized carbons (Fsp3) is 0.500. The Labute approximate surface area is 152 Å². The fourth-order valence-corrected chi connectivity index (χ4v) is 4.51. The molecule has 0 unspecified atom stereocenters. The van der Waals surface area contributed by atoms with Gasteiger partial charge >= 0.3 is 0 Å². The van der Waals surface area contributed by atoms with Crippen LogP contribution in [-0.4, -0.2) is 11.6 Å². The van der Waals surface area contributed by atoms with E-state index in [0.717, 1.165) is 28.4 Å². The number of allylic oxidation sites excluding steroid dienone is 2. The second-order valence-electron chi connectivity index (χ2n) is 6.13. The summed E-state index contributed by atoms with van der Waals surface area (Å²) in [6.45, 7) is 8.19. The van der Waals surface area contributed by atoms with Crippen molar-refractivity contribution >= 4 is 34.2 Å². The standard InChI is InChI=1S/C20H25IO2/c1-5-15-16(6-2)19(23)20(8-4,17(15)7-3)18(22)13-9-11-14(21)12-10-13/h9-12,16H,5-8H2,1-4H3/t16-,20+/m0/s1. The van der Waals surface area contributed by atoms with E-state index in [1.54, 1.807) is 0 Å². The molecule has 0 heterocycles. The summed E-state index contributed by atoms with van der Waals surface area (Å²) in [6.07, 6.45) is 2.97. The third-order valence-electron chi connectivity index (χ3n) is 5.23. The van der Waals surface area contributed by atoms with Crippen molar-refractivity contribution in [3.05, 3.63) is 44.5 Å². The zero-order valence-electron chi connectivity index (χ0n) is 14.4. The summed E-state index contributed by atoms with van der Waals surface area (Å²) in [5.74, 6) is 0.0302. The molecule has 1 aliphatic rings. The Balaban J connectivity index is 2.62. The van der Waals surface area contributed by atoms with Gasteiger partial charge in [0.2, 0.25) is 0 Å². The number of rotatable bonds is 6. The predicted molar refractivity (Wildman–Crippen MR) is 103 cm³/mol. The molecule has 23 heavy (non-hydrogen) atoms. The van der Waals surface area contributed by atoms with Crippen LogP contribution in [0.4, 0.5) is 0 Å². The summed E-state index contributed by atoms with van der Waals surface area (Å²) in [4.78, 5) is 26.6. The molecule has 2 nitrogen and oxygen atoms in total. The molecule has 124 valence electrons. The summed E-state index contributed by atoms with van der Waals surface area (Å²) in [5, 5.41) is 0. The first-order valence-electron chi connectivity index (χ1n) is 8.54. The number of ketones is 2. The highest BCUT2D eigenvalue weighted by Crippen LogP contribution is 2.51. The molecular formula is C20H25IO2. The van der Waals surface area contributed by atoms with Gasteiger partial charge in [0.15, 0.2) is 11.6 Å². The number of Topliss-reactive ketones (excluding diaryl/α,β-unsaturated/α-hetero) is 2. The smallest absolute Gasteiger partial charge is 0.180 e. The Morgan fingerprint density at radius 3 is 2.13 bits per heavy atom. The molecule has 0 radical (unpaired) electrons. The molecule has 0 aromatic heterocycles. The van der Waals surface area contributed by atoms with Crippen LogP contribution < -0.4 is 0 Å². The molecule has 1 aliphatic carbocycles. The second-order valence-corrected chi connectivity index (χ2v) is 7.38.